The van der Waals surface area contributed by atoms with Crippen LogP contribution in [0.2, 0.25) is 0 Å². The van der Waals surface area contributed by atoms with Crippen LogP contribution in [0.5, 0.6) is 0 Å². The first kappa shape index (κ1) is 14.4. The lowest BCUT2D eigenvalue weighted by molar-refractivity contribution is -0.122. The molecule has 0 bridgehead atoms. The molecular formula is C15H22N2OS. The standard InChI is InChI=1S/C15H22N2OS/c1-3-8-15(9-5-10-16-15)14(18)17-12-6-4-7-13(11-12)19-2/h4,6-7,11,16H,3,5,8-10H2,1-2H3,(H,17,18). The zero-order valence-electron chi connectivity index (χ0n) is 11.7. The second-order valence-electron chi connectivity index (χ2n) is 5.05. The highest BCUT2D eigenvalue weighted by molar-refractivity contribution is 7.98. The van der Waals surface area contributed by atoms with Crippen molar-refractivity contribution in [3.63, 3.8) is 0 Å². The smallest absolute Gasteiger partial charge is 0.244 e. The van der Waals surface area contributed by atoms with Crippen LogP contribution in [-0.4, -0.2) is 24.2 Å². The van der Waals surface area contributed by atoms with E-state index in [1.165, 1.54) is 4.90 Å². The largest absolute Gasteiger partial charge is 0.324 e. The molecule has 0 saturated carbocycles. The molecule has 1 fully saturated rings. The summed E-state index contributed by atoms with van der Waals surface area (Å²) >= 11 is 1.68. The van der Waals surface area contributed by atoms with Crippen molar-refractivity contribution >= 4 is 23.4 Å². The van der Waals surface area contributed by atoms with Crippen molar-refractivity contribution < 1.29 is 4.79 Å². The highest BCUT2D eigenvalue weighted by Crippen LogP contribution is 2.27. The fraction of sp³-hybridized carbons (Fsp3) is 0.533. The van der Waals surface area contributed by atoms with E-state index in [2.05, 4.69) is 23.6 Å². The van der Waals surface area contributed by atoms with Gasteiger partial charge in [0.1, 0.15) is 0 Å². The van der Waals surface area contributed by atoms with E-state index in [1.54, 1.807) is 11.8 Å². The Morgan fingerprint density at radius 2 is 2.37 bits per heavy atom. The van der Waals surface area contributed by atoms with Gasteiger partial charge in [0.2, 0.25) is 5.91 Å². The number of carbonyl (C=O) groups is 1. The van der Waals surface area contributed by atoms with Crippen LogP contribution in [0.4, 0.5) is 5.69 Å². The minimum absolute atomic E-state index is 0.116. The van der Waals surface area contributed by atoms with Crippen molar-refractivity contribution in [2.75, 3.05) is 18.1 Å². The van der Waals surface area contributed by atoms with Gasteiger partial charge in [0.25, 0.3) is 0 Å². The summed E-state index contributed by atoms with van der Waals surface area (Å²) in [5.74, 6) is 0.116. The summed E-state index contributed by atoms with van der Waals surface area (Å²) in [7, 11) is 0. The molecule has 104 valence electrons. The number of hydrogen-bond donors (Lipinski definition) is 2. The van der Waals surface area contributed by atoms with Gasteiger partial charge < -0.3 is 10.6 Å². The van der Waals surface area contributed by atoms with Crippen molar-refractivity contribution in [3.8, 4) is 0 Å². The van der Waals surface area contributed by atoms with Crippen molar-refractivity contribution in [3.05, 3.63) is 24.3 Å². The number of rotatable bonds is 5. The Morgan fingerprint density at radius 3 is 3.00 bits per heavy atom. The minimum Gasteiger partial charge on any atom is -0.324 e. The van der Waals surface area contributed by atoms with Crippen LogP contribution < -0.4 is 10.6 Å². The number of benzene rings is 1. The molecule has 1 aromatic carbocycles. The molecule has 1 amide bonds. The second kappa shape index (κ2) is 6.44. The Hall–Kier alpha value is -1.00. The van der Waals surface area contributed by atoms with Gasteiger partial charge in [-0.2, -0.15) is 0 Å². The van der Waals surface area contributed by atoms with Crippen LogP contribution in [-0.2, 0) is 4.79 Å². The third-order valence-electron chi connectivity index (χ3n) is 3.68. The lowest BCUT2D eigenvalue weighted by Crippen LogP contribution is -2.50. The highest BCUT2D eigenvalue weighted by atomic mass is 32.2. The van der Waals surface area contributed by atoms with E-state index in [9.17, 15) is 4.79 Å². The molecule has 3 nitrogen and oxygen atoms in total. The third kappa shape index (κ3) is 3.31. The van der Waals surface area contributed by atoms with E-state index < -0.39 is 0 Å². The number of thioether (sulfide) groups is 1. The van der Waals surface area contributed by atoms with Gasteiger partial charge in [-0.25, -0.2) is 0 Å². The minimum atomic E-state index is -0.357. The predicted octanol–water partition coefficient (Wildman–Crippen LogP) is 3.27. The fourth-order valence-electron chi connectivity index (χ4n) is 2.71. The molecule has 1 atom stereocenters. The van der Waals surface area contributed by atoms with Gasteiger partial charge in [0.15, 0.2) is 0 Å². The lowest BCUT2D eigenvalue weighted by atomic mass is 9.91. The molecule has 2 N–H and O–H groups in total. The van der Waals surface area contributed by atoms with Crippen LogP contribution >= 0.6 is 11.8 Å². The van der Waals surface area contributed by atoms with E-state index in [-0.39, 0.29) is 11.4 Å². The molecule has 1 aliphatic heterocycles. The van der Waals surface area contributed by atoms with Crippen molar-refractivity contribution in [1.29, 1.82) is 0 Å². The van der Waals surface area contributed by atoms with Crippen LogP contribution in [0.15, 0.2) is 29.2 Å². The topological polar surface area (TPSA) is 41.1 Å². The fourth-order valence-corrected chi connectivity index (χ4v) is 3.16. The monoisotopic (exact) mass is 278 g/mol. The number of carbonyl (C=O) groups excluding carboxylic acids is 1. The molecule has 1 saturated heterocycles. The maximum Gasteiger partial charge on any atom is 0.244 e. The molecule has 0 spiro atoms. The second-order valence-corrected chi connectivity index (χ2v) is 5.93. The van der Waals surface area contributed by atoms with Gasteiger partial charge in [0, 0.05) is 10.6 Å². The molecular weight excluding hydrogens is 256 g/mol. The Kier molecular flexibility index (Phi) is 4.88. The maximum atomic E-state index is 12.5. The summed E-state index contributed by atoms with van der Waals surface area (Å²) in [6, 6.07) is 8.01. The number of anilines is 1. The van der Waals surface area contributed by atoms with Crippen molar-refractivity contribution in [2.45, 2.75) is 43.0 Å². The summed E-state index contributed by atoms with van der Waals surface area (Å²) in [5.41, 5.74) is 0.533. The van der Waals surface area contributed by atoms with Gasteiger partial charge >= 0.3 is 0 Å². The average Bonchev–Trinajstić information content (AvgIpc) is 2.89. The van der Waals surface area contributed by atoms with Crippen LogP contribution in [0.3, 0.4) is 0 Å². The SMILES string of the molecule is CCCC1(C(=O)Nc2cccc(SC)c2)CCCN1. The Bertz CT molecular complexity index is 442. The van der Waals surface area contributed by atoms with Gasteiger partial charge in [-0.05, 0) is 50.3 Å². The normalized spacial score (nSPS) is 22.4. The Balaban J connectivity index is 2.10. The first-order valence-electron chi connectivity index (χ1n) is 6.91. The molecule has 1 aromatic rings. The average molecular weight is 278 g/mol. The van der Waals surface area contributed by atoms with Gasteiger partial charge in [0.05, 0.1) is 5.54 Å². The van der Waals surface area contributed by atoms with Gasteiger partial charge in [-0.3, -0.25) is 4.79 Å². The summed E-state index contributed by atoms with van der Waals surface area (Å²) in [6.07, 6.45) is 5.98. The van der Waals surface area contributed by atoms with E-state index in [4.69, 9.17) is 0 Å². The number of amides is 1. The van der Waals surface area contributed by atoms with Crippen LogP contribution in [0.25, 0.3) is 0 Å². The quantitative estimate of drug-likeness (QED) is 0.812. The first-order valence-corrected chi connectivity index (χ1v) is 8.13. The Morgan fingerprint density at radius 1 is 1.53 bits per heavy atom. The lowest BCUT2D eigenvalue weighted by Gasteiger charge is -2.27. The van der Waals surface area contributed by atoms with E-state index in [1.807, 2.05) is 24.5 Å². The molecule has 2 rings (SSSR count). The van der Waals surface area contributed by atoms with Gasteiger partial charge in [-0.15, -0.1) is 11.8 Å². The summed E-state index contributed by atoms with van der Waals surface area (Å²) in [6.45, 7) is 3.07. The summed E-state index contributed by atoms with van der Waals surface area (Å²) in [5, 5.41) is 6.47. The van der Waals surface area contributed by atoms with Crippen molar-refractivity contribution in [2.24, 2.45) is 0 Å². The first-order chi connectivity index (χ1) is 9.20. The molecule has 0 radical (unpaired) electrons. The van der Waals surface area contributed by atoms with Crippen molar-refractivity contribution in [1.82, 2.24) is 5.32 Å². The maximum absolute atomic E-state index is 12.5. The summed E-state index contributed by atoms with van der Waals surface area (Å²) < 4.78 is 0. The van der Waals surface area contributed by atoms with E-state index in [0.717, 1.165) is 37.9 Å². The van der Waals surface area contributed by atoms with E-state index in [0.29, 0.717) is 0 Å². The number of hydrogen-bond acceptors (Lipinski definition) is 3. The highest BCUT2D eigenvalue weighted by Gasteiger charge is 2.39. The predicted molar refractivity (Wildman–Crippen MR) is 81.7 cm³/mol. The third-order valence-corrected chi connectivity index (χ3v) is 4.41. The van der Waals surface area contributed by atoms with E-state index >= 15 is 0 Å². The molecule has 1 unspecified atom stereocenters. The molecule has 1 heterocycles. The molecule has 19 heavy (non-hydrogen) atoms. The zero-order valence-corrected chi connectivity index (χ0v) is 12.5. The van der Waals surface area contributed by atoms with Crippen LogP contribution in [0, 0.1) is 0 Å². The molecule has 0 aromatic heterocycles. The number of nitrogens with one attached hydrogen (secondary N) is 2. The Labute approximate surface area is 119 Å². The molecule has 0 aliphatic carbocycles. The summed E-state index contributed by atoms with van der Waals surface area (Å²) in [4.78, 5) is 13.7. The molecule has 1 aliphatic rings. The zero-order chi connectivity index (χ0) is 13.7. The molecule has 4 heteroatoms. The van der Waals surface area contributed by atoms with Gasteiger partial charge in [-0.1, -0.05) is 19.4 Å². The van der Waals surface area contributed by atoms with Crippen LogP contribution in [0.1, 0.15) is 32.6 Å².